The van der Waals surface area contributed by atoms with E-state index >= 15 is 0 Å². The molecule has 1 saturated heterocycles. The number of hydrogen-bond acceptors (Lipinski definition) is 1. The molecule has 1 rings (SSSR count). The molecule has 0 radical (unpaired) electrons. The van der Waals surface area contributed by atoms with Crippen molar-refractivity contribution in [3.8, 4) is 0 Å². The molecule has 0 aromatic carbocycles. The van der Waals surface area contributed by atoms with Crippen LogP contribution in [0.2, 0.25) is 0 Å². The van der Waals surface area contributed by atoms with E-state index in [0.29, 0.717) is 0 Å². The van der Waals surface area contributed by atoms with Gasteiger partial charge in [0.15, 0.2) is 0 Å². The molecular weight excluding hydrogens is 112 g/mol. The standard InChI is InChI=1S/C8H12O/c1-3-8(4-2)6-5-7-9-8/h3-4H,1-2,5-7H2. The molecule has 0 aromatic heterocycles. The summed E-state index contributed by atoms with van der Waals surface area (Å²) >= 11 is 0. The molecule has 9 heavy (non-hydrogen) atoms. The maximum atomic E-state index is 5.40. The molecule has 1 fully saturated rings. The Balaban J connectivity index is 2.66. The van der Waals surface area contributed by atoms with Gasteiger partial charge in [-0.2, -0.15) is 0 Å². The van der Waals surface area contributed by atoms with Crippen LogP contribution in [0, 0.1) is 0 Å². The molecule has 1 nitrogen and oxygen atoms in total. The van der Waals surface area contributed by atoms with Crippen LogP contribution in [0.3, 0.4) is 0 Å². The van der Waals surface area contributed by atoms with Gasteiger partial charge in [-0.1, -0.05) is 25.3 Å². The van der Waals surface area contributed by atoms with Gasteiger partial charge in [0.2, 0.25) is 0 Å². The fourth-order valence-corrected chi connectivity index (χ4v) is 1.09. The van der Waals surface area contributed by atoms with Crippen LogP contribution in [0.4, 0.5) is 0 Å². The molecule has 0 unspecified atom stereocenters. The maximum Gasteiger partial charge on any atom is 0.104 e. The summed E-state index contributed by atoms with van der Waals surface area (Å²) in [7, 11) is 0. The fraction of sp³-hybridized carbons (Fsp3) is 0.500. The highest BCUT2D eigenvalue weighted by molar-refractivity contribution is 5.11. The van der Waals surface area contributed by atoms with Gasteiger partial charge in [-0.25, -0.2) is 0 Å². The zero-order valence-electron chi connectivity index (χ0n) is 5.60. The molecule has 0 bridgehead atoms. The van der Waals surface area contributed by atoms with Crippen LogP contribution in [0.25, 0.3) is 0 Å². The summed E-state index contributed by atoms with van der Waals surface area (Å²) in [5.41, 5.74) is -0.194. The van der Waals surface area contributed by atoms with Gasteiger partial charge in [-0.3, -0.25) is 0 Å². The Kier molecular flexibility index (Phi) is 1.72. The monoisotopic (exact) mass is 124 g/mol. The molecule has 1 heterocycles. The third-order valence-electron chi connectivity index (χ3n) is 1.77. The highest BCUT2D eigenvalue weighted by Gasteiger charge is 2.27. The van der Waals surface area contributed by atoms with Gasteiger partial charge in [-0.05, 0) is 12.8 Å². The van der Waals surface area contributed by atoms with Crippen molar-refractivity contribution < 1.29 is 4.74 Å². The van der Waals surface area contributed by atoms with Crippen LogP contribution < -0.4 is 0 Å². The Morgan fingerprint density at radius 3 is 2.22 bits per heavy atom. The Labute approximate surface area is 56.0 Å². The second-order valence-corrected chi connectivity index (χ2v) is 2.32. The first kappa shape index (κ1) is 6.56. The minimum atomic E-state index is -0.194. The van der Waals surface area contributed by atoms with Crippen LogP contribution >= 0.6 is 0 Å². The zero-order valence-corrected chi connectivity index (χ0v) is 5.60. The largest absolute Gasteiger partial charge is 0.367 e. The van der Waals surface area contributed by atoms with Crippen molar-refractivity contribution in [1.82, 2.24) is 0 Å². The first-order valence-electron chi connectivity index (χ1n) is 3.24. The average Bonchev–Trinajstić information content (AvgIpc) is 2.36. The summed E-state index contributed by atoms with van der Waals surface area (Å²) in [5, 5.41) is 0. The maximum absolute atomic E-state index is 5.40. The molecule has 1 heteroatoms. The van der Waals surface area contributed by atoms with E-state index in [9.17, 15) is 0 Å². The lowest BCUT2D eigenvalue weighted by molar-refractivity contribution is 0.0857. The quantitative estimate of drug-likeness (QED) is 0.511. The van der Waals surface area contributed by atoms with Crippen molar-refractivity contribution in [2.75, 3.05) is 6.61 Å². The Morgan fingerprint density at radius 2 is 2.00 bits per heavy atom. The van der Waals surface area contributed by atoms with Gasteiger partial charge >= 0.3 is 0 Å². The molecule has 1 aliphatic rings. The van der Waals surface area contributed by atoms with Crippen molar-refractivity contribution in [2.45, 2.75) is 18.4 Å². The number of hydrogen-bond donors (Lipinski definition) is 0. The van der Waals surface area contributed by atoms with E-state index in [1.165, 1.54) is 0 Å². The Hall–Kier alpha value is -0.560. The van der Waals surface area contributed by atoms with Crippen molar-refractivity contribution in [1.29, 1.82) is 0 Å². The molecule has 0 amide bonds. The normalized spacial score (nSPS) is 23.6. The van der Waals surface area contributed by atoms with Gasteiger partial charge in [0.05, 0.1) is 0 Å². The molecule has 50 valence electrons. The van der Waals surface area contributed by atoms with E-state index in [4.69, 9.17) is 4.74 Å². The van der Waals surface area contributed by atoms with Crippen LogP contribution in [0.1, 0.15) is 12.8 Å². The van der Waals surface area contributed by atoms with Crippen LogP contribution in [-0.4, -0.2) is 12.2 Å². The smallest absolute Gasteiger partial charge is 0.104 e. The minimum Gasteiger partial charge on any atom is -0.367 e. The average molecular weight is 124 g/mol. The van der Waals surface area contributed by atoms with Gasteiger partial charge < -0.3 is 4.74 Å². The van der Waals surface area contributed by atoms with E-state index in [1.807, 2.05) is 12.2 Å². The molecule has 0 saturated carbocycles. The molecular formula is C8H12O. The SMILES string of the molecule is C=CC1(C=C)CCCO1. The summed E-state index contributed by atoms with van der Waals surface area (Å²) in [6.07, 6.45) is 5.82. The Morgan fingerprint density at radius 1 is 1.33 bits per heavy atom. The second-order valence-electron chi connectivity index (χ2n) is 2.32. The predicted molar refractivity (Wildman–Crippen MR) is 38.3 cm³/mol. The van der Waals surface area contributed by atoms with Crippen molar-refractivity contribution in [3.63, 3.8) is 0 Å². The molecule has 1 aliphatic heterocycles. The topological polar surface area (TPSA) is 9.23 Å². The van der Waals surface area contributed by atoms with E-state index in [1.54, 1.807) is 0 Å². The van der Waals surface area contributed by atoms with E-state index in [0.717, 1.165) is 19.4 Å². The van der Waals surface area contributed by atoms with Crippen molar-refractivity contribution >= 4 is 0 Å². The highest BCUT2D eigenvalue weighted by Crippen LogP contribution is 2.27. The first-order chi connectivity index (χ1) is 4.33. The van der Waals surface area contributed by atoms with E-state index in [-0.39, 0.29) is 5.60 Å². The number of ether oxygens (including phenoxy) is 1. The van der Waals surface area contributed by atoms with Crippen LogP contribution in [0.15, 0.2) is 25.3 Å². The molecule has 0 atom stereocenters. The minimum absolute atomic E-state index is 0.194. The van der Waals surface area contributed by atoms with Crippen molar-refractivity contribution in [2.24, 2.45) is 0 Å². The highest BCUT2D eigenvalue weighted by atomic mass is 16.5. The van der Waals surface area contributed by atoms with Crippen LogP contribution in [-0.2, 0) is 4.74 Å². The summed E-state index contributed by atoms with van der Waals surface area (Å²) < 4.78 is 5.40. The van der Waals surface area contributed by atoms with Gasteiger partial charge in [0.1, 0.15) is 5.60 Å². The molecule has 0 N–H and O–H groups in total. The molecule has 0 aliphatic carbocycles. The van der Waals surface area contributed by atoms with Gasteiger partial charge in [0.25, 0.3) is 0 Å². The second kappa shape index (κ2) is 2.36. The van der Waals surface area contributed by atoms with Crippen LogP contribution in [0.5, 0.6) is 0 Å². The fourth-order valence-electron chi connectivity index (χ4n) is 1.09. The van der Waals surface area contributed by atoms with Crippen molar-refractivity contribution in [3.05, 3.63) is 25.3 Å². The predicted octanol–water partition coefficient (Wildman–Crippen LogP) is 1.91. The number of rotatable bonds is 2. The lowest BCUT2D eigenvalue weighted by Crippen LogP contribution is -2.19. The lowest BCUT2D eigenvalue weighted by atomic mass is 10.0. The summed E-state index contributed by atoms with van der Waals surface area (Å²) in [6.45, 7) is 8.22. The third kappa shape index (κ3) is 1.06. The summed E-state index contributed by atoms with van der Waals surface area (Å²) in [6, 6.07) is 0. The molecule has 0 aromatic rings. The molecule has 0 spiro atoms. The van der Waals surface area contributed by atoms with Gasteiger partial charge in [0, 0.05) is 6.61 Å². The summed E-state index contributed by atoms with van der Waals surface area (Å²) in [5.74, 6) is 0. The lowest BCUT2D eigenvalue weighted by Gasteiger charge is -2.17. The van der Waals surface area contributed by atoms with Gasteiger partial charge in [-0.15, -0.1) is 0 Å². The first-order valence-corrected chi connectivity index (χ1v) is 3.24. The van der Waals surface area contributed by atoms with E-state index in [2.05, 4.69) is 13.2 Å². The third-order valence-corrected chi connectivity index (χ3v) is 1.77. The van der Waals surface area contributed by atoms with E-state index < -0.39 is 0 Å². The Bertz CT molecular complexity index is 111. The summed E-state index contributed by atoms with van der Waals surface area (Å²) in [4.78, 5) is 0. The zero-order chi connectivity index (χ0) is 6.74.